The standard InChI is InChI=1S/C27H38N4O4/c32-24(26(34)29-31-18-17-30(27(31)35)19-20-11-5-3-6-12-20)23(21-13-9-4-10-14-21)28-25(33)22-15-7-1-2-8-16-22/h3,5-6,11-12,21-23H,1-2,4,7-10,13-19H2,(H,28,33)(H,29,34). The molecule has 8 heteroatoms. The number of rotatable bonds is 8. The Morgan fingerprint density at radius 1 is 0.857 bits per heavy atom. The smallest absolute Gasteiger partial charge is 0.339 e. The fourth-order valence-corrected chi connectivity index (χ4v) is 5.63. The molecule has 2 saturated carbocycles. The summed E-state index contributed by atoms with van der Waals surface area (Å²) in [5.74, 6) is -1.70. The molecular weight excluding hydrogens is 444 g/mol. The average Bonchev–Trinajstić information content (AvgIpc) is 3.07. The first-order valence-corrected chi connectivity index (χ1v) is 13.3. The van der Waals surface area contributed by atoms with Gasteiger partial charge in [-0.15, -0.1) is 0 Å². The van der Waals surface area contributed by atoms with Gasteiger partial charge < -0.3 is 10.2 Å². The second kappa shape index (κ2) is 12.2. The summed E-state index contributed by atoms with van der Waals surface area (Å²) in [5.41, 5.74) is 3.53. The third-order valence-corrected chi connectivity index (χ3v) is 7.70. The topological polar surface area (TPSA) is 98.8 Å². The third-order valence-electron chi connectivity index (χ3n) is 7.70. The lowest BCUT2D eigenvalue weighted by Gasteiger charge is -2.31. The van der Waals surface area contributed by atoms with Crippen LogP contribution >= 0.6 is 0 Å². The van der Waals surface area contributed by atoms with Crippen LogP contribution in [0.25, 0.3) is 0 Å². The lowest BCUT2D eigenvalue weighted by Crippen LogP contribution is -2.56. The van der Waals surface area contributed by atoms with Crippen LogP contribution < -0.4 is 10.7 Å². The molecule has 1 atom stereocenters. The van der Waals surface area contributed by atoms with E-state index in [1.807, 2.05) is 30.3 Å². The molecule has 1 saturated heterocycles. The summed E-state index contributed by atoms with van der Waals surface area (Å²) < 4.78 is 0. The molecule has 190 valence electrons. The van der Waals surface area contributed by atoms with Crippen LogP contribution in [0.15, 0.2) is 30.3 Å². The minimum atomic E-state index is -0.829. The van der Waals surface area contributed by atoms with E-state index in [4.69, 9.17) is 0 Å². The number of hydrazine groups is 1. The molecule has 2 aliphatic carbocycles. The zero-order chi connectivity index (χ0) is 24.6. The highest BCUT2D eigenvalue weighted by Gasteiger charge is 2.38. The number of nitrogens with one attached hydrogen (secondary N) is 2. The van der Waals surface area contributed by atoms with Gasteiger partial charge in [0.15, 0.2) is 0 Å². The van der Waals surface area contributed by atoms with Crippen molar-refractivity contribution in [3.05, 3.63) is 35.9 Å². The molecule has 3 aliphatic rings. The number of ketones is 1. The summed E-state index contributed by atoms with van der Waals surface area (Å²) in [6.07, 6.45) is 10.7. The predicted molar refractivity (Wildman–Crippen MR) is 132 cm³/mol. The minimum Gasteiger partial charge on any atom is -0.345 e. The normalized spacial score (nSPS) is 20.9. The van der Waals surface area contributed by atoms with Gasteiger partial charge in [-0.05, 0) is 37.2 Å². The van der Waals surface area contributed by atoms with Crippen molar-refractivity contribution in [2.75, 3.05) is 13.1 Å². The number of carbonyl (C=O) groups excluding carboxylic acids is 4. The molecule has 1 unspecified atom stereocenters. The van der Waals surface area contributed by atoms with E-state index in [0.29, 0.717) is 19.6 Å². The number of Topliss-reactive ketones (excluding diaryl/α,β-unsaturated/α-hetero) is 1. The number of carbonyl (C=O) groups is 4. The summed E-state index contributed by atoms with van der Waals surface area (Å²) in [4.78, 5) is 53.8. The summed E-state index contributed by atoms with van der Waals surface area (Å²) in [5, 5.41) is 4.20. The molecule has 1 heterocycles. The maximum atomic E-state index is 13.3. The summed E-state index contributed by atoms with van der Waals surface area (Å²) in [7, 11) is 0. The highest BCUT2D eigenvalue weighted by Crippen LogP contribution is 2.28. The molecule has 4 rings (SSSR count). The van der Waals surface area contributed by atoms with Gasteiger partial charge in [-0.2, -0.15) is 0 Å². The first-order chi connectivity index (χ1) is 17.0. The maximum Gasteiger partial charge on any atom is 0.339 e. The largest absolute Gasteiger partial charge is 0.345 e. The third kappa shape index (κ3) is 6.61. The summed E-state index contributed by atoms with van der Waals surface area (Å²) in [6, 6.07) is 8.50. The van der Waals surface area contributed by atoms with Gasteiger partial charge in [0.2, 0.25) is 11.7 Å². The molecule has 1 aromatic rings. The molecule has 0 aromatic heterocycles. The Labute approximate surface area is 207 Å². The quantitative estimate of drug-likeness (QED) is 0.437. The van der Waals surface area contributed by atoms with Crippen molar-refractivity contribution in [1.82, 2.24) is 20.7 Å². The van der Waals surface area contributed by atoms with E-state index >= 15 is 0 Å². The Morgan fingerprint density at radius 3 is 2.17 bits per heavy atom. The Hall–Kier alpha value is -2.90. The highest BCUT2D eigenvalue weighted by atomic mass is 16.2. The van der Waals surface area contributed by atoms with E-state index in [-0.39, 0.29) is 23.8 Å². The first-order valence-electron chi connectivity index (χ1n) is 13.3. The predicted octanol–water partition coefficient (Wildman–Crippen LogP) is 3.56. The Bertz CT molecular complexity index is 892. The van der Waals surface area contributed by atoms with Crippen LogP contribution in [-0.2, 0) is 20.9 Å². The molecular formula is C27H38N4O4. The number of nitrogens with zero attached hydrogens (tertiary/aromatic N) is 2. The van der Waals surface area contributed by atoms with E-state index < -0.39 is 17.7 Å². The number of hydrogen-bond donors (Lipinski definition) is 2. The number of hydrogen-bond acceptors (Lipinski definition) is 4. The Morgan fingerprint density at radius 2 is 1.49 bits per heavy atom. The van der Waals surface area contributed by atoms with E-state index in [0.717, 1.165) is 76.2 Å². The minimum absolute atomic E-state index is 0.0411. The van der Waals surface area contributed by atoms with Crippen LogP contribution in [0.5, 0.6) is 0 Å². The summed E-state index contributed by atoms with van der Waals surface area (Å²) in [6.45, 7) is 1.22. The van der Waals surface area contributed by atoms with Crippen LogP contribution in [0.1, 0.15) is 76.2 Å². The van der Waals surface area contributed by atoms with Crippen molar-refractivity contribution in [3.8, 4) is 0 Å². The molecule has 2 N–H and O–H groups in total. The molecule has 3 fully saturated rings. The van der Waals surface area contributed by atoms with Crippen molar-refractivity contribution in [1.29, 1.82) is 0 Å². The van der Waals surface area contributed by atoms with E-state index in [1.54, 1.807) is 4.90 Å². The monoisotopic (exact) mass is 482 g/mol. The fourth-order valence-electron chi connectivity index (χ4n) is 5.63. The van der Waals surface area contributed by atoms with Gasteiger partial charge in [0.25, 0.3) is 0 Å². The molecule has 8 nitrogen and oxygen atoms in total. The zero-order valence-corrected chi connectivity index (χ0v) is 20.5. The van der Waals surface area contributed by atoms with Crippen LogP contribution in [0.4, 0.5) is 4.79 Å². The lowest BCUT2D eigenvalue weighted by molar-refractivity contribution is -0.143. The van der Waals surface area contributed by atoms with Gasteiger partial charge in [0.05, 0.1) is 6.54 Å². The fraction of sp³-hybridized carbons (Fsp3) is 0.630. The zero-order valence-electron chi connectivity index (χ0n) is 20.5. The molecule has 0 radical (unpaired) electrons. The number of urea groups is 1. The molecule has 1 aliphatic heterocycles. The van der Waals surface area contributed by atoms with Gasteiger partial charge in [-0.1, -0.05) is 75.3 Å². The Kier molecular flexibility index (Phi) is 8.77. The van der Waals surface area contributed by atoms with Gasteiger partial charge in [-0.3, -0.25) is 19.8 Å². The first kappa shape index (κ1) is 25.2. The van der Waals surface area contributed by atoms with E-state index in [9.17, 15) is 19.2 Å². The molecule has 35 heavy (non-hydrogen) atoms. The highest BCUT2D eigenvalue weighted by molar-refractivity contribution is 6.38. The van der Waals surface area contributed by atoms with Crippen LogP contribution in [0.2, 0.25) is 0 Å². The van der Waals surface area contributed by atoms with E-state index in [1.165, 1.54) is 5.01 Å². The number of benzene rings is 1. The SMILES string of the molecule is O=C(NN1CCN(Cc2ccccc2)C1=O)C(=O)C(NC(=O)C1CCCCCC1)C1CCCCC1. The van der Waals surface area contributed by atoms with Gasteiger partial charge in [0, 0.05) is 19.0 Å². The maximum absolute atomic E-state index is 13.3. The van der Waals surface area contributed by atoms with Gasteiger partial charge >= 0.3 is 11.9 Å². The second-order valence-corrected chi connectivity index (χ2v) is 10.2. The van der Waals surface area contributed by atoms with E-state index in [2.05, 4.69) is 10.7 Å². The van der Waals surface area contributed by atoms with Crippen molar-refractivity contribution in [2.45, 2.75) is 83.2 Å². The van der Waals surface area contributed by atoms with Crippen molar-refractivity contribution in [3.63, 3.8) is 0 Å². The molecule has 0 bridgehead atoms. The second-order valence-electron chi connectivity index (χ2n) is 10.2. The average molecular weight is 483 g/mol. The summed E-state index contributed by atoms with van der Waals surface area (Å²) >= 11 is 0. The lowest BCUT2D eigenvalue weighted by atomic mass is 9.81. The molecule has 0 spiro atoms. The van der Waals surface area contributed by atoms with Crippen LogP contribution in [0.3, 0.4) is 0 Å². The molecule has 1 aromatic carbocycles. The van der Waals surface area contributed by atoms with Crippen molar-refractivity contribution in [2.24, 2.45) is 11.8 Å². The number of amides is 4. The van der Waals surface area contributed by atoms with Crippen molar-refractivity contribution >= 4 is 23.6 Å². The van der Waals surface area contributed by atoms with Gasteiger partial charge in [0.1, 0.15) is 6.04 Å². The van der Waals surface area contributed by atoms with Crippen molar-refractivity contribution < 1.29 is 19.2 Å². The van der Waals surface area contributed by atoms with Gasteiger partial charge in [-0.25, -0.2) is 9.80 Å². The van der Waals surface area contributed by atoms with Crippen LogP contribution in [0, 0.1) is 11.8 Å². The van der Waals surface area contributed by atoms with Crippen LogP contribution in [-0.4, -0.2) is 52.7 Å². The molecule has 4 amide bonds. The Balaban J connectivity index is 1.38.